The van der Waals surface area contributed by atoms with E-state index in [9.17, 15) is 0 Å². The third-order valence-corrected chi connectivity index (χ3v) is 4.06. The average Bonchev–Trinajstić information content (AvgIpc) is 2.64. The first-order valence-corrected chi connectivity index (χ1v) is 8.97. The molecule has 0 aliphatic rings. The Morgan fingerprint density at radius 3 is 1.81 bits per heavy atom. The highest BCUT2D eigenvalue weighted by molar-refractivity contribution is 5.48. The van der Waals surface area contributed by atoms with Crippen molar-refractivity contribution in [1.29, 1.82) is 0 Å². The summed E-state index contributed by atoms with van der Waals surface area (Å²) in [4.78, 5) is 0. The van der Waals surface area contributed by atoms with E-state index in [1.54, 1.807) is 0 Å². The van der Waals surface area contributed by atoms with Crippen LogP contribution in [0.4, 0.5) is 0 Å². The maximum atomic E-state index is 6.36. The number of ether oxygens (including phenoxy) is 2. The summed E-state index contributed by atoms with van der Waals surface area (Å²) in [5.74, 6) is 3.39. The number of hydrogen-bond acceptors (Lipinski definition) is 3. The lowest BCUT2D eigenvalue weighted by Gasteiger charge is -2.18. The fourth-order valence-electron chi connectivity index (χ4n) is 2.79. The van der Waals surface area contributed by atoms with Crippen molar-refractivity contribution in [3.8, 4) is 23.0 Å². The van der Waals surface area contributed by atoms with Gasteiger partial charge in [0.1, 0.15) is 11.5 Å². The molecule has 1 atom stereocenters. The van der Waals surface area contributed by atoms with E-state index in [0.29, 0.717) is 17.4 Å². The Hall–Kier alpha value is -2.78. The molecule has 0 radical (unpaired) electrons. The summed E-state index contributed by atoms with van der Waals surface area (Å²) < 4.78 is 12.1. The molecule has 0 bridgehead atoms. The third kappa shape index (κ3) is 4.87. The van der Waals surface area contributed by atoms with Gasteiger partial charge in [0.25, 0.3) is 0 Å². The van der Waals surface area contributed by atoms with E-state index in [1.165, 1.54) is 0 Å². The number of benzene rings is 3. The van der Waals surface area contributed by atoms with Gasteiger partial charge >= 0.3 is 0 Å². The van der Waals surface area contributed by atoms with Gasteiger partial charge in [-0.25, -0.2) is 0 Å². The molecule has 134 valence electrons. The molecule has 0 unspecified atom stereocenters. The predicted octanol–water partition coefficient (Wildman–Crippen LogP) is 6.32. The standard InChI is InChI=1S/C23H25NO2/c1-17(2)15-21(24)18-13-14-22(25-19-9-5-3-6-10-19)23(16-18)26-20-11-7-4-8-12-20/h3-14,16-17,21H,15,24H2,1-2H3/t21-/m0/s1. The van der Waals surface area contributed by atoms with Gasteiger partial charge in [-0.05, 0) is 54.3 Å². The minimum Gasteiger partial charge on any atom is -0.453 e. The summed E-state index contributed by atoms with van der Waals surface area (Å²) in [6.07, 6.45) is 0.920. The summed E-state index contributed by atoms with van der Waals surface area (Å²) in [7, 11) is 0. The SMILES string of the molecule is CC(C)C[C@H](N)c1ccc(Oc2ccccc2)c(Oc2ccccc2)c1. The van der Waals surface area contributed by atoms with Crippen LogP contribution in [0.3, 0.4) is 0 Å². The van der Waals surface area contributed by atoms with Gasteiger partial charge < -0.3 is 15.2 Å². The van der Waals surface area contributed by atoms with Crippen LogP contribution in [0.2, 0.25) is 0 Å². The molecule has 0 saturated heterocycles. The second-order valence-corrected chi connectivity index (χ2v) is 6.77. The van der Waals surface area contributed by atoms with E-state index in [0.717, 1.165) is 23.5 Å². The van der Waals surface area contributed by atoms with Crippen molar-refractivity contribution in [2.75, 3.05) is 0 Å². The Kier molecular flexibility index (Phi) is 5.92. The van der Waals surface area contributed by atoms with Crippen molar-refractivity contribution in [2.24, 2.45) is 11.7 Å². The van der Waals surface area contributed by atoms with Crippen LogP contribution >= 0.6 is 0 Å². The Morgan fingerprint density at radius 1 is 0.731 bits per heavy atom. The number of para-hydroxylation sites is 2. The second-order valence-electron chi connectivity index (χ2n) is 6.77. The van der Waals surface area contributed by atoms with E-state index in [-0.39, 0.29) is 6.04 Å². The van der Waals surface area contributed by atoms with Crippen molar-refractivity contribution >= 4 is 0 Å². The molecule has 26 heavy (non-hydrogen) atoms. The third-order valence-electron chi connectivity index (χ3n) is 4.06. The topological polar surface area (TPSA) is 44.5 Å². The van der Waals surface area contributed by atoms with Gasteiger partial charge in [0, 0.05) is 6.04 Å². The molecule has 0 aliphatic carbocycles. The maximum absolute atomic E-state index is 6.36. The van der Waals surface area contributed by atoms with Crippen LogP contribution in [0.15, 0.2) is 78.9 Å². The lowest BCUT2D eigenvalue weighted by atomic mass is 9.97. The molecule has 3 rings (SSSR count). The molecular formula is C23H25NO2. The van der Waals surface area contributed by atoms with E-state index in [4.69, 9.17) is 15.2 Å². The van der Waals surface area contributed by atoms with Gasteiger partial charge in [-0.3, -0.25) is 0 Å². The highest BCUT2D eigenvalue weighted by atomic mass is 16.5. The van der Waals surface area contributed by atoms with Crippen LogP contribution < -0.4 is 15.2 Å². The van der Waals surface area contributed by atoms with Crippen LogP contribution in [0.25, 0.3) is 0 Å². The zero-order valence-electron chi connectivity index (χ0n) is 15.3. The average molecular weight is 347 g/mol. The van der Waals surface area contributed by atoms with Gasteiger partial charge in [0.2, 0.25) is 0 Å². The lowest BCUT2D eigenvalue weighted by Crippen LogP contribution is -2.13. The maximum Gasteiger partial charge on any atom is 0.170 e. The first-order valence-electron chi connectivity index (χ1n) is 8.97. The summed E-state index contributed by atoms with van der Waals surface area (Å²) in [5, 5.41) is 0. The van der Waals surface area contributed by atoms with Crippen LogP contribution in [0.1, 0.15) is 31.9 Å². The molecule has 0 spiro atoms. The zero-order chi connectivity index (χ0) is 18.4. The van der Waals surface area contributed by atoms with Gasteiger partial charge in [-0.15, -0.1) is 0 Å². The molecule has 3 aromatic rings. The molecule has 0 fully saturated rings. The minimum atomic E-state index is -0.0288. The van der Waals surface area contributed by atoms with E-state index < -0.39 is 0 Å². The molecular weight excluding hydrogens is 322 g/mol. The van der Waals surface area contributed by atoms with Crippen molar-refractivity contribution in [3.05, 3.63) is 84.4 Å². The molecule has 0 aliphatic heterocycles. The molecule has 0 saturated carbocycles. The predicted molar refractivity (Wildman–Crippen MR) is 106 cm³/mol. The molecule has 0 aromatic heterocycles. The second kappa shape index (κ2) is 8.54. The molecule has 0 amide bonds. The molecule has 3 aromatic carbocycles. The van der Waals surface area contributed by atoms with Crippen molar-refractivity contribution in [1.82, 2.24) is 0 Å². The normalized spacial score (nSPS) is 12.0. The zero-order valence-corrected chi connectivity index (χ0v) is 15.3. The monoisotopic (exact) mass is 347 g/mol. The van der Waals surface area contributed by atoms with Gasteiger partial charge in [-0.2, -0.15) is 0 Å². The summed E-state index contributed by atoms with van der Waals surface area (Å²) in [6, 6.07) is 25.3. The van der Waals surface area contributed by atoms with Crippen LogP contribution in [-0.4, -0.2) is 0 Å². The first-order chi connectivity index (χ1) is 12.6. The van der Waals surface area contributed by atoms with E-state index >= 15 is 0 Å². The first kappa shape index (κ1) is 18.0. The molecule has 3 nitrogen and oxygen atoms in total. The fourth-order valence-corrected chi connectivity index (χ4v) is 2.79. The quantitative estimate of drug-likeness (QED) is 0.544. The van der Waals surface area contributed by atoms with Crippen molar-refractivity contribution in [3.63, 3.8) is 0 Å². The lowest BCUT2D eigenvalue weighted by molar-refractivity contribution is 0.416. The Morgan fingerprint density at radius 2 is 1.27 bits per heavy atom. The van der Waals surface area contributed by atoms with Crippen LogP contribution in [-0.2, 0) is 0 Å². The van der Waals surface area contributed by atoms with Crippen LogP contribution in [0.5, 0.6) is 23.0 Å². The van der Waals surface area contributed by atoms with Crippen molar-refractivity contribution in [2.45, 2.75) is 26.3 Å². The number of hydrogen-bond donors (Lipinski definition) is 1. The Labute approximate surface area is 155 Å². The summed E-state index contributed by atoms with van der Waals surface area (Å²) >= 11 is 0. The molecule has 3 heteroatoms. The summed E-state index contributed by atoms with van der Waals surface area (Å²) in [6.45, 7) is 4.35. The Balaban J connectivity index is 1.91. The van der Waals surface area contributed by atoms with Crippen LogP contribution in [0, 0.1) is 5.92 Å². The number of rotatable bonds is 7. The highest BCUT2D eigenvalue weighted by Gasteiger charge is 2.14. The smallest absolute Gasteiger partial charge is 0.170 e. The highest BCUT2D eigenvalue weighted by Crippen LogP contribution is 2.37. The summed E-state index contributed by atoms with van der Waals surface area (Å²) in [5.41, 5.74) is 7.41. The Bertz CT molecular complexity index is 816. The number of nitrogens with two attached hydrogens (primary N) is 1. The van der Waals surface area contributed by atoms with Crippen molar-refractivity contribution < 1.29 is 9.47 Å². The largest absolute Gasteiger partial charge is 0.453 e. The van der Waals surface area contributed by atoms with E-state index in [1.807, 2.05) is 78.9 Å². The molecule has 2 N–H and O–H groups in total. The fraction of sp³-hybridized carbons (Fsp3) is 0.217. The molecule has 0 heterocycles. The minimum absolute atomic E-state index is 0.0288. The van der Waals surface area contributed by atoms with Gasteiger partial charge in [0.05, 0.1) is 0 Å². The van der Waals surface area contributed by atoms with Gasteiger partial charge in [-0.1, -0.05) is 56.3 Å². The van der Waals surface area contributed by atoms with E-state index in [2.05, 4.69) is 13.8 Å². The van der Waals surface area contributed by atoms with Gasteiger partial charge in [0.15, 0.2) is 11.5 Å².